The van der Waals surface area contributed by atoms with Crippen LogP contribution in [0.2, 0.25) is 0 Å². The Balaban J connectivity index is 2.23. The summed E-state index contributed by atoms with van der Waals surface area (Å²) in [4.78, 5) is 22.9. The number of nitrogens with zero attached hydrogens (tertiary/aromatic N) is 1. The first-order valence-electron chi connectivity index (χ1n) is 6.95. The van der Waals surface area contributed by atoms with E-state index < -0.39 is 10.3 Å². The van der Waals surface area contributed by atoms with Crippen molar-refractivity contribution >= 4 is 17.3 Å². The van der Waals surface area contributed by atoms with Crippen molar-refractivity contribution in [2.75, 3.05) is 18.5 Å². The van der Waals surface area contributed by atoms with Crippen molar-refractivity contribution in [2.24, 2.45) is 11.1 Å². The lowest BCUT2D eigenvalue weighted by Crippen LogP contribution is -2.47. The van der Waals surface area contributed by atoms with E-state index in [1.165, 1.54) is 12.1 Å². The van der Waals surface area contributed by atoms with E-state index in [4.69, 9.17) is 10.5 Å². The van der Waals surface area contributed by atoms with Gasteiger partial charge in [0, 0.05) is 6.54 Å². The summed E-state index contributed by atoms with van der Waals surface area (Å²) < 4.78 is 5.24. The number of hydrogen-bond acceptors (Lipinski definition) is 5. The van der Waals surface area contributed by atoms with Gasteiger partial charge in [-0.25, -0.2) is 0 Å². The van der Waals surface area contributed by atoms with E-state index in [-0.39, 0.29) is 23.8 Å². The number of carbonyl (C=O) groups is 1. The average Bonchev–Trinajstić information content (AvgIpc) is 2.40. The molecule has 0 heterocycles. The van der Waals surface area contributed by atoms with Crippen LogP contribution in [0.1, 0.15) is 26.2 Å². The molecule has 0 spiro atoms. The minimum atomic E-state index is -0.577. The molecular formula is C14H19N3O4. The third-order valence-electron chi connectivity index (χ3n) is 3.91. The van der Waals surface area contributed by atoms with Crippen molar-refractivity contribution in [2.45, 2.75) is 26.2 Å². The highest BCUT2D eigenvalue weighted by molar-refractivity contribution is 5.98. The predicted octanol–water partition coefficient (Wildman–Crippen LogP) is 2.06. The number of ether oxygens (including phenoxy) is 1. The summed E-state index contributed by atoms with van der Waals surface area (Å²) in [6.45, 7) is 2.46. The monoisotopic (exact) mass is 293 g/mol. The van der Waals surface area contributed by atoms with Gasteiger partial charge in [0.15, 0.2) is 0 Å². The Hall–Kier alpha value is -2.15. The van der Waals surface area contributed by atoms with Crippen LogP contribution in [0.5, 0.6) is 5.75 Å². The fourth-order valence-electron chi connectivity index (χ4n) is 2.41. The Bertz CT molecular complexity index is 550. The zero-order valence-electron chi connectivity index (χ0n) is 11.9. The van der Waals surface area contributed by atoms with Gasteiger partial charge in [-0.05, 0) is 31.9 Å². The number of nitrogens with one attached hydrogen (secondary N) is 1. The first-order chi connectivity index (χ1) is 10.0. The van der Waals surface area contributed by atoms with Gasteiger partial charge in [-0.15, -0.1) is 0 Å². The van der Waals surface area contributed by atoms with E-state index in [9.17, 15) is 14.9 Å². The Morgan fingerprint density at radius 2 is 2.24 bits per heavy atom. The lowest BCUT2D eigenvalue weighted by Gasteiger charge is -2.38. The van der Waals surface area contributed by atoms with Gasteiger partial charge < -0.3 is 15.8 Å². The number of rotatable bonds is 6. The molecule has 0 bridgehead atoms. The van der Waals surface area contributed by atoms with Gasteiger partial charge in [-0.2, -0.15) is 0 Å². The molecule has 1 amide bonds. The van der Waals surface area contributed by atoms with Crippen molar-refractivity contribution in [3.8, 4) is 5.75 Å². The fourth-order valence-corrected chi connectivity index (χ4v) is 2.41. The number of amides is 1. The molecule has 0 aromatic heterocycles. The highest BCUT2D eigenvalue weighted by atomic mass is 16.6. The van der Waals surface area contributed by atoms with Gasteiger partial charge in [-0.1, -0.05) is 6.42 Å². The molecule has 1 aliphatic rings. The summed E-state index contributed by atoms with van der Waals surface area (Å²) in [5.41, 5.74) is 5.09. The maximum absolute atomic E-state index is 12.3. The summed E-state index contributed by atoms with van der Waals surface area (Å²) in [6.07, 6.45) is 2.40. The van der Waals surface area contributed by atoms with Crippen LogP contribution in [0.4, 0.5) is 11.4 Å². The van der Waals surface area contributed by atoms with Crippen molar-refractivity contribution in [3.63, 3.8) is 0 Å². The molecule has 7 heteroatoms. The molecule has 1 aromatic rings. The molecule has 0 unspecified atom stereocenters. The number of anilines is 1. The number of nitro benzene ring substituents is 1. The van der Waals surface area contributed by atoms with Gasteiger partial charge in [0.05, 0.1) is 23.0 Å². The average molecular weight is 293 g/mol. The normalized spacial score (nSPS) is 15.9. The molecule has 21 heavy (non-hydrogen) atoms. The van der Waals surface area contributed by atoms with E-state index in [1.807, 2.05) is 0 Å². The first-order valence-corrected chi connectivity index (χ1v) is 6.95. The molecule has 0 radical (unpaired) electrons. The van der Waals surface area contributed by atoms with Crippen LogP contribution in [0.15, 0.2) is 18.2 Å². The Kier molecular flexibility index (Phi) is 4.42. The smallest absolute Gasteiger partial charge is 0.296 e. The number of nitrogens with two attached hydrogens (primary N) is 1. The summed E-state index contributed by atoms with van der Waals surface area (Å²) in [7, 11) is 0. The molecule has 2 rings (SSSR count). The van der Waals surface area contributed by atoms with Gasteiger partial charge >= 0.3 is 0 Å². The minimum absolute atomic E-state index is 0.174. The van der Waals surface area contributed by atoms with Gasteiger partial charge in [0.25, 0.3) is 5.69 Å². The van der Waals surface area contributed by atoms with Crippen LogP contribution in [0.3, 0.4) is 0 Å². The van der Waals surface area contributed by atoms with Crippen molar-refractivity contribution in [1.29, 1.82) is 0 Å². The highest BCUT2D eigenvalue weighted by Crippen LogP contribution is 2.41. The van der Waals surface area contributed by atoms with Crippen LogP contribution < -0.4 is 15.8 Å². The molecule has 7 nitrogen and oxygen atoms in total. The van der Waals surface area contributed by atoms with Crippen LogP contribution in [0.25, 0.3) is 0 Å². The van der Waals surface area contributed by atoms with E-state index in [0.29, 0.717) is 12.4 Å². The molecule has 1 aromatic carbocycles. The Morgan fingerprint density at radius 1 is 1.52 bits per heavy atom. The summed E-state index contributed by atoms with van der Waals surface area (Å²) in [6, 6.07) is 4.40. The highest BCUT2D eigenvalue weighted by Gasteiger charge is 2.43. The molecule has 114 valence electrons. The maximum Gasteiger partial charge on any atom is 0.296 e. The maximum atomic E-state index is 12.3. The van der Waals surface area contributed by atoms with Crippen LogP contribution in [0, 0.1) is 15.5 Å². The zero-order chi connectivity index (χ0) is 15.5. The Labute approximate surface area is 122 Å². The fraction of sp³-hybridized carbons (Fsp3) is 0.500. The molecule has 0 aliphatic heterocycles. The lowest BCUT2D eigenvalue weighted by atomic mass is 9.68. The summed E-state index contributed by atoms with van der Waals surface area (Å²) >= 11 is 0. The second kappa shape index (κ2) is 6.09. The molecule has 0 saturated heterocycles. The van der Waals surface area contributed by atoms with Gasteiger partial charge in [0.2, 0.25) is 5.91 Å². The zero-order valence-corrected chi connectivity index (χ0v) is 11.9. The number of nitro groups is 1. The quantitative estimate of drug-likeness (QED) is 0.616. The van der Waals surface area contributed by atoms with Gasteiger partial charge in [0.1, 0.15) is 11.4 Å². The summed E-state index contributed by atoms with van der Waals surface area (Å²) in [5, 5.41) is 13.8. The van der Waals surface area contributed by atoms with Gasteiger partial charge in [-0.3, -0.25) is 14.9 Å². The summed E-state index contributed by atoms with van der Waals surface area (Å²) in [5.74, 6) is 0.155. The third kappa shape index (κ3) is 2.97. The van der Waals surface area contributed by atoms with Crippen molar-refractivity contribution in [3.05, 3.63) is 28.3 Å². The molecular weight excluding hydrogens is 274 g/mol. The third-order valence-corrected chi connectivity index (χ3v) is 3.91. The number of benzene rings is 1. The van der Waals surface area contributed by atoms with Crippen molar-refractivity contribution < 1.29 is 14.5 Å². The molecule has 0 atom stereocenters. The number of carbonyl (C=O) groups excluding carboxylic acids is 1. The second-order valence-electron chi connectivity index (χ2n) is 5.16. The molecule has 1 fully saturated rings. The van der Waals surface area contributed by atoms with E-state index in [1.54, 1.807) is 13.0 Å². The largest absolute Gasteiger partial charge is 0.494 e. The predicted molar refractivity (Wildman–Crippen MR) is 78.2 cm³/mol. The standard InChI is InChI=1S/C14H19N3O4/c1-2-21-10-4-5-11(12(8-10)17(19)20)16-13(18)14(9-15)6-3-7-14/h4-5,8H,2-3,6-7,9,15H2,1H3,(H,16,18). The van der Waals surface area contributed by atoms with Crippen LogP contribution >= 0.6 is 0 Å². The minimum Gasteiger partial charge on any atom is -0.494 e. The first kappa shape index (κ1) is 15.2. The van der Waals surface area contributed by atoms with E-state index >= 15 is 0 Å². The topological polar surface area (TPSA) is 107 Å². The van der Waals surface area contributed by atoms with Crippen LogP contribution in [-0.2, 0) is 4.79 Å². The van der Waals surface area contributed by atoms with Crippen molar-refractivity contribution in [1.82, 2.24) is 0 Å². The SMILES string of the molecule is CCOc1ccc(NC(=O)C2(CN)CCC2)c([N+](=O)[O-])c1. The number of hydrogen-bond donors (Lipinski definition) is 2. The Morgan fingerprint density at radius 3 is 2.71 bits per heavy atom. The lowest BCUT2D eigenvalue weighted by molar-refractivity contribution is -0.384. The molecule has 1 aliphatic carbocycles. The second-order valence-corrected chi connectivity index (χ2v) is 5.16. The molecule has 3 N–H and O–H groups in total. The van der Waals surface area contributed by atoms with Crippen LogP contribution in [-0.4, -0.2) is 24.0 Å². The van der Waals surface area contributed by atoms with E-state index in [2.05, 4.69) is 5.32 Å². The molecule has 1 saturated carbocycles. The van der Waals surface area contributed by atoms with E-state index in [0.717, 1.165) is 19.3 Å².